The van der Waals surface area contributed by atoms with Gasteiger partial charge in [0.25, 0.3) is 0 Å². The van der Waals surface area contributed by atoms with Gasteiger partial charge in [0.2, 0.25) is 5.91 Å². The quantitative estimate of drug-likeness (QED) is 0.787. The molecule has 130 valence electrons. The first kappa shape index (κ1) is 20.1. The number of carbonyl (C=O) groups excluding carboxylic acids is 1. The number of benzene rings is 1. The Balaban J connectivity index is 0.00000264. The van der Waals surface area contributed by atoms with Crippen LogP contribution in [0.1, 0.15) is 25.8 Å². The molecular weight excluding hydrogens is 332 g/mol. The standard InChI is InChI=1S/C17H26N2O2S.ClH/c1-13(2)11-21-16-6-4-3-5-14(16)10-19-17(20)9-15-12-22-8-7-18-15;/h3-6,13,15,18H,7-12H2,1-2H3,(H,19,20);1H. The van der Waals surface area contributed by atoms with Crippen molar-refractivity contribution >= 4 is 30.1 Å². The molecule has 4 nitrogen and oxygen atoms in total. The van der Waals surface area contributed by atoms with Crippen LogP contribution in [-0.2, 0) is 11.3 Å². The van der Waals surface area contributed by atoms with Crippen LogP contribution in [0, 0.1) is 5.92 Å². The molecule has 0 saturated carbocycles. The van der Waals surface area contributed by atoms with E-state index in [9.17, 15) is 4.79 Å². The summed E-state index contributed by atoms with van der Waals surface area (Å²) in [6, 6.07) is 8.20. The highest BCUT2D eigenvalue weighted by Crippen LogP contribution is 2.18. The Morgan fingerprint density at radius 1 is 1.43 bits per heavy atom. The van der Waals surface area contributed by atoms with Gasteiger partial charge in [-0.2, -0.15) is 11.8 Å². The predicted molar refractivity (Wildman–Crippen MR) is 99.6 cm³/mol. The first-order valence-corrected chi connectivity index (χ1v) is 9.09. The molecule has 0 radical (unpaired) electrons. The number of rotatable bonds is 7. The molecule has 23 heavy (non-hydrogen) atoms. The summed E-state index contributed by atoms with van der Waals surface area (Å²) < 4.78 is 5.81. The lowest BCUT2D eigenvalue weighted by Crippen LogP contribution is -2.41. The SMILES string of the molecule is CC(C)COc1ccccc1CNC(=O)CC1CSCCN1.Cl. The van der Waals surface area contributed by atoms with Crippen molar-refractivity contribution in [2.24, 2.45) is 5.92 Å². The Bertz CT molecular complexity index is 479. The first-order chi connectivity index (χ1) is 10.6. The number of amides is 1. The molecule has 0 aliphatic carbocycles. The molecule has 0 aromatic heterocycles. The number of ether oxygens (including phenoxy) is 1. The molecule has 6 heteroatoms. The summed E-state index contributed by atoms with van der Waals surface area (Å²) in [4.78, 5) is 12.1. The van der Waals surface area contributed by atoms with Gasteiger partial charge in [-0.1, -0.05) is 32.0 Å². The molecule has 2 N–H and O–H groups in total. The summed E-state index contributed by atoms with van der Waals surface area (Å²) in [5.41, 5.74) is 1.03. The lowest BCUT2D eigenvalue weighted by atomic mass is 10.1. The summed E-state index contributed by atoms with van der Waals surface area (Å²) in [7, 11) is 0. The fourth-order valence-electron chi connectivity index (χ4n) is 2.29. The number of halogens is 1. The summed E-state index contributed by atoms with van der Waals surface area (Å²) >= 11 is 1.91. The third-order valence-corrected chi connectivity index (χ3v) is 4.58. The zero-order chi connectivity index (χ0) is 15.8. The molecule has 1 amide bonds. The van der Waals surface area contributed by atoms with Gasteiger partial charge in [0, 0.05) is 42.6 Å². The van der Waals surface area contributed by atoms with E-state index in [1.165, 1.54) is 0 Å². The summed E-state index contributed by atoms with van der Waals surface area (Å²) in [6.45, 7) is 6.45. The van der Waals surface area contributed by atoms with Gasteiger partial charge in [0.1, 0.15) is 5.75 Å². The molecule has 0 spiro atoms. The largest absolute Gasteiger partial charge is 0.493 e. The third-order valence-electron chi connectivity index (χ3n) is 3.45. The minimum atomic E-state index is 0. The van der Waals surface area contributed by atoms with Crippen molar-refractivity contribution in [3.8, 4) is 5.75 Å². The topological polar surface area (TPSA) is 50.4 Å². The maximum atomic E-state index is 12.1. The zero-order valence-electron chi connectivity index (χ0n) is 13.8. The fourth-order valence-corrected chi connectivity index (χ4v) is 3.24. The van der Waals surface area contributed by atoms with Gasteiger partial charge in [-0.25, -0.2) is 0 Å². The average Bonchev–Trinajstić information content (AvgIpc) is 2.52. The van der Waals surface area contributed by atoms with Gasteiger partial charge in [0.05, 0.1) is 6.61 Å². The van der Waals surface area contributed by atoms with Gasteiger partial charge in [0.15, 0.2) is 0 Å². The Morgan fingerprint density at radius 3 is 2.91 bits per heavy atom. The van der Waals surface area contributed by atoms with Crippen molar-refractivity contribution in [2.75, 3.05) is 24.7 Å². The first-order valence-electron chi connectivity index (χ1n) is 7.93. The molecule has 1 aromatic rings. The van der Waals surface area contributed by atoms with E-state index in [-0.39, 0.29) is 18.3 Å². The molecule has 2 rings (SSSR count). The van der Waals surface area contributed by atoms with Crippen LogP contribution in [0.3, 0.4) is 0 Å². The van der Waals surface area contributed by atoms with E-state index in [0.717, 1.165) is 29.4 Å². The number of hydrogen-bond acceptors (Lipinski definition) is 4. The fraction of sp³-hybridized carbons (Fsp3) is 0.588. The summed E-state index contributed by atoms with van der Waals surface area (Å²) in [5, 5.41) is 6.39. The van der Waals surface area contributed by atoms with E-state index < -0.39 is 0 Å². The molecule has 1 unspecified atom stereocenters. The predicted octanol–water partition coefficient (Wildman–Crippen LogP) is 2.85. The minimum absolute atomic E-state index is 0. The highest BCUT2D eigenvalue weighted by atomic mass is 35.5. The molecule has 1 aliphatic heterocycles. The summed E-state index contributed by atoms with van der Waals surface area (Å²) in [5.74, 6) is 3.60. The molecule has 1 aliphatic rings. The molecule has 1 aromatic carbocycles. The molecule has 1 heterocycles. The van der Waals surface area contributed by atoms with Gasteiger partial charge < -0.3 is 15.4 Å². The summed E-state index contributed by atoms with van der Waals surface area (Å²) in [6.07, 6.45) is 0.544. The van der Waals surface area contributed by atoms with Crippen LogP contribution in [0.4, 0.5) is 0 Å². The molecule has 1 saturated heterocycles. The van der Waals surface area contributed by atoms with Crippen molar-refractivity contribution in [3.05, 3.63) is 29.8 Å². The van der Waals surface area contributed by atoms with Crippen molar-refractivity contribution in [1.29, 1.82) is 0 Å². The maximum Gasteiger partial charge on any atom is 0.221 e. The molecular formula is C17H27ClN2O2S. The number of para-hydroxylation sites is 1. The van der Waals surface area contributed by atoms with E-state index >= 15 is 0 Å². The van der Waals surface area contributed by atoms with Crippen LogP contribution >= 0.6 is 24.2 Å². The van der Waals surface area contributed by atoms with E-state index in [2.05, 4.69) is 24.5 Å². The Labute approximate surface area is 149 Å². The van der Waals surface area contributed by atoms with Crippen molar-refractivity contribution in [2.45, 2.75) is 32.9 Å². The van der Waals surface area contributed by atoms with Crippen LogP contribution < -0.4 is 15.4 Å². The smallest absolute Gasteiger partial charge is 0.221 e. The number of thioether (sulfide) groups is 1. The van der Waals surface area contributed by atoms with E-state index in [1.807, 2.05) is 36.0 Å². The van der Waals surface area contributed by atoms with Crippen LogP contribution in [0.15, 0.2) is 24.3 Å². The highest BCUT2D eigenvalue weighted by molar-refractivity contribution is 7.99. The van der Waals surface area contributed by atoms with Crippen LogP contribution in [-0.4, -0.2) is 36.6 Å². The lowest BCUT2D eigenvalue weighted by molar-refractivity contribution is -0.121. The second-order valence-electron chi connectivity index (χ2n) is 6.02. The van der Waals surface area contributed by atoms with Gasteiger partial charge >= 0.3 is 0 Å². The van der Waals surface area contributed by atoms with Gasteiger partial charge in [-0.15, -0.1) is 12.4 Å². The number of nitrogens with one attached hydrogen (secondary N) is 2. The minimum Gasteiger partial charge on any atom is -0.493 e. The van der Waals surface area contributed by atoms with Crippen LogP contribution in [0.5, 0.6) is 5.75 Å². The second kappa shape index (κ2) is 10.8. The second-order valence-corrected chi connectivity index (χ2v) is 7.17. The van der Waals surface area contributed by atoms with E-state index in [1.54, 1.807) is 0 Å². The Kier molecular flexibility index (Phi) is 9.44. The van der Waals surface area contributed by atoms with Crippen molar-refractivity contribution in [3.63, 3.8) is 0 Å². The Hall–Kier alpha value is -0.910. The highest BCUT2D eigenvalue weighted by Gasteiger charge is 2.16. The van der Waals surface area contributed by atoms with Gasteiger partial charge in [-0.3, -0.25) is 4.79 Å². The molecule has 0 bridgehead atoms. The Morgan fingerprint density at radius 2 is 2.22 bits per heavy atom. The third kappa shape index (κ3) is 7.46. The number of hydrogen-bond donors (Lipinski definition) is 2. The maximum absolute atomic E-state index is 12.1. The van der Waals surface area contributed by atoms with Crippen molar-refractivity contribution in [1.82, 2.24) is 10.6 Å². The zero-order valence-corrected chi connectivity index (χ0v) is 15.5. The molecule has 1 fully saturated rings. The number of carbonyl (C=O) groups is 1. The van der Waals surface area contributed by atoms with Crippen LogP contribution in [0.25, 0.3) is 0 Å². The van der Waals surface area contributed by atoms with E-state index in [0.29, 0.717) is 31.5 Å². The molecule has 1 atom stereocenters. The normalized spacial score (nSPS) is 17.4. The van der Waals surface area contributed by atoms with Gasteiger partial charge in [-0.05, 0) is 12.0 Å². The monoisotopic (exact) mass is 358 g/mol. The lowest BCUT2D eigenvalue weighted by Gasteiger charge is -2.22. The van der Waals surface area contributed by atoms with E-state index in [4.69, 9.17) is 4.74 Å². The van der Waals surface area contributed by atoms with Crippen molar-refractivity contribution < 1.29 is 9.53 Å². The van der Waals surface area contributed by atoms with Crippen LogP contribution in [0.2, 0.25) is 0 Å². The average molecular weight is 359 g/mol.